The van der Waals surface area contributed by atoms with Gasteiger partial charge in [0.1, 0.15) is 22.8 Å². The number of imidazole rings is 1. The summed E-state index contributed by atoms with van der Waals surface area (Å²) < 4.78 is 7.60. The summed E-state index contributed by atoms with van der Waals surface area (Å²) in [7, 11) is 0. The van der Waals surface area contributed by atoms with E-state index in [0.717, 1.165) is 11.4 Å². The Kier molecular flexibility index (Phi) is 4.11. The highest BCUT2D eigenvalue weighted by Crippen LogP contribution is 2.24. The minimum Gasteiger partial charge on any atom is -0.457 e. The molecule has 0 saturated carbocycles. The number of nitrogens with zero attached hydrogens (tertiary/aromatic N) is 2. The number of anilines is 1. The zero-order chi connectivity index (χ0) is 17.9. The number of fused-ring (bicyclic) bond motifs is 1. The summed E-state index contributed by atoms with van der Waals surface area (Å²) in [5.74, 6) is 1.19. The number of nitrogens with one attached hydrogen (secondary N) is 1. The van der Waals surface area contributed by atoms with Crippen LogP contribution < -0.4 is 10.1 Å². The molecule has 0 atom stereocenters. The Morgan fingerprint density at radius 3 is 2.58 bits per heavy atom. The molecule has 1 N–H and O–H groups in total. The summed E-state index contributed by atoms with van der Waals surface area (Å²) in [4.78, 5) is 17.2. The van der Waals surface area contributed by atoms with E-state index in [-0.39, 0.29) is 5.91 Å². The fourth-order valence-electron chi connectivity index (χ4n) is 2.84. The monoisotopic (exact) mass is 343 g/mol. The maximum atomic E-state index is 12.8. The van der Waals surface area contributed by atoms with E-state index in [4.69, 9.17) is 4.74 Å². The molecule has 0 spiro atoms. The number of hydrogen-bond acceptors (Lipinski definition) is 3. The van der Waals surface area contributed by atoms with E-state index in [9.17, 15) is 4.79 Å². The van der Waals surface area contributed by atoms with Gasteiger partial charge in [0.25, 0.3) is 5.91 Å². The molecule has 0 aliphatic carbocycles. The summed E-state index contributed by atoms with van der Waals surface area (Å²) in [6.45, 7) is 1.83. The van der Waals surface area contributed by atoms with Crippen LogP contribution in [0.25, 0.3) is 5.65 Å². The summed E-state index contributed by atoms with van der Waals surface area (Å²) in [5, 5.41) is 2.92. The molecule has 0 fully saturated rings. The van der Waals surface area contributed by atoms with Gasteiger partial charge in [0.15, 0.2) is 0 Å². The number of hydrogen-bond donors (Lipinski definition) is 1. The molecule has 5 nitrogen and oxygen atoms in total. The second-order valence-electron chi connectivity index (χ2n) is 5.87. The Morgan fingerprint density at radius 1 is 0.962 bits per heavy atom. The third-order valence-electron chi connectivity index (χ3n) is 3.99. The van der Waals surface area contributed by atoms with Crippen LogP contribution in [0, 0.1) is 6.92 Å². The van der Waals surface area contributed by atoms with Crippen LogP contribution in [0.3, 0.4) is 0 Å². The average Bonchev–Trinajstić information content (AvgIpc) is 2.98. The molecular formula is C21H17N3O2. The molecule has 0 radical (unpaired) electrons. The second-order valence-corrected chi connectivity index (χ2v) is 5.87. The van der Waals surface area contributed by atoms with Crippen molar-refractivity contribution in [3.63, 3.8) is 0 Å². The van der Waals surface area contributed by atoms with Crippen molar-refractivity contribution in [2.75, 3.05) is 5.32 Å². The second kappa shape index (κ2) is 6.72. The van der Waals surface area contributed by atoms with Gasteiger partial charge in [-0.2, -0.15) is 0 Å². The minimum absolute atomic E-state index is 0.210. The largest absolute Gasteiger partial charge is 0.457 e. The van der Waals surface area contributed by atoms with Gasteiger partial charge < -0.3 is 10.1 Å². The third kappa shape index (κ3) is 3.15. The smallest absolute Gasteiger partial charge is 0.274 e. The van der Waals surface area contributed by atoms with Crippen LogP contribution in [0.5, 0.6) is 11.5 Å². The van der Waals surface area contributed by atoms with Crippen molar-refractivity contribution in [1.82, 2.24) is 9.38 Å². The number of ether oxygens (including phenoxy) is 1. The van der Waals surface area contributed by atoms with Crippen molar-refractivity contribution in [3.8, 4) is 11.5 Å². The molecule has 0 aliphatic heterocycles. The Hall–Kier alpha value is -3.60. The van der Waals surface area contributed by atoms with Gasteiger partial charge in [-0.1, -0.05) is 30.3 Å². The van der Waals surface area contributed by atoms with Crippen LogP contribution >= 0.6 is 0 Å². The first-order chi connectivity index (χ1) is 12.7. The molecule has 2 heterocycles. The van der Waals surface area contributed by atoms with E-state index in [0.29, 0.717) is 22.8 Å². The SMILES string of the molecule is Cc1nc2ccccn2c1C(=O)Nc1cccc(Oc2ccccc2)c1. The normalized spacial score (nSPS) is 10.7. The number of para-hydroxylation sites is 1. The number of benzene rings is 2. The predicted octanol–water partition coefficient (Wildman–Crippen LogP) is 4.69. The minimum atomic E-state index is -0.210. The lowest BCUT2D eigenvalue weighted by Crippen LogP contribution is -2.15. The van der Waals surface area contributed by atoms with E-state index in [2.05, 4.69) is 10.3 Å². The van der Waals surface area contributed by atoms with E-state index in [1.165, 1.54) is 0 Å². The van der Waals surface area contributed by atoms with Gasteiger partial charge in [0.2, 0.25) is 0 Å². The Labute approximate surface area is 150 Å². The lowest BCUT2D eigenvalue weighted by molar-refractivity contribution is 0.102. The molecule has 0 aliphatic rings. The number of carbonyl (C=O) groups excluding carboxylic acids is 1. The van der Waals surface area contributed by atoms with E-state index < -0.39 is 0 Å². The molecule has 0 saturated heterocycles. The van der Waals surface area contributed by atoms with Gasteiger partial charge in [0, 0.05) is 18.0 Å². The van der Waals surface area contributed by atoms with Crippen molar-refractivity contribution in [2.24, 2.45) is 0 Å². The molecule has 0 unspecified atom stereocenters. The molecular weight excluding hydrogens is 326 g/mol. The van der Waals surface area contributed by atoms with E-state index >= 15 is 0 Å². The Balaban J connectivity index is 1.58. The topological polar surface area (TPSA) is 55.6 Å². The maximum absolute atomic E-state index is 12.8. The van der Waals surface area contributed by atoms with Crippen molar-refractivity contribution in [2.45, 2.75) is 6.92 Å². The molecule has 26 heavy (non-hydrogen) atoms. The van der Waals surface area contributed by atoms with Crippen molar-refractivity contribution < 1.29 is 9.53 Å². The molecule has 1 amide bonds. The van der Waals surface area contributed by atoms with Crippen LogP contribution in [0.1, 0.15) is 16.2 Å². The number of carbonyl (C=O) groups is 1. The fourth-order valence-corrected chi connectivity index (χ4v) is 2.84. The number of aromatic nitrogens is 2. The maximum Gasteiger partial charge on any atom is 0.274 e. The quantitative estimate of drug-likeness (QED) is 0.585. The summed E-state index contributed by atoms with van der Waals surface area (Å²) in [6, 6.07) is 22.5. The Morgan fingerprint density at radius 2 is 1.73 bits per heavy atom. The first-order valence-electron chi connectivity index (χ1n) is 8.29. The zero-order valence-corrected chi connectivity index (χ0v) is 14.2. The van der Waals surface area contributed by atoms with Crippen LogP contribution in [-0.2, 0) is 0 Å². The van der Waals surface area contributed by atoms with Crippen LogP contribution in [0.4, 0.5) is 5.69 Å². The highest BCUT2D eigenvalue weighted by Gasteiger charge is 2.16. The summed E-state index contributed by atoms with van der Waals surface area (Å²) in [5.41, 5.74) is 2.62. The molecule has 128 valence electrons. The average molecular weight is 343 g/mol. The first kappa shape index (κ1) is 15.9. The first-order valence-corrected chi connectivity index (χ1v) is 8.29. The number of pyridine rings is 1. The van der Waals surface area contributed by atoms with Gasteiger partial charge >= 0.3 is 0 Å². The molecule has 0 bridgehead atoms. The third-order valence-corrected chi connectivity index (χ3v) is 3.99. The Bertz CT molecular complexity index is 1070. The highest BCUT2D eigenvalue weighted by molar-refractivity contribution is 6.04. The number of amides is 1. The van der Waals surface area contributed by atoms with Crippen LogP contribution in [0.15, 0.2) is 79.0 Å². The summed E-state index contributed by atoms with van der Waals surface area (Å²) >= 11 is 0. The number of aryl methyl sites for hydroxylation is 1. The van der Waals surface area contributed by atoms with Gasteiger partial charge in [-0.25, -0.2) is 4.98 Å². The standard InChI is InChI=1S/C21H17N3O2/c1-15-20(24-13-6-5-12-19(24)22-15)21(25)23-16-8-7-11-18(14-16)26-17-9-3-2-4-10-17/h2-14H,1H3,(H,23,25). The van der Waals surface area contributed by atoms with Gasteiger partial charge in [-0.05, 0) is 43.3 Å². The molecule has 2 aromatic heterocycles. The molecule has 4 aromatic rings. The van der Waals surface area contributed by atoms with Crippen molar-refractivity contribution in [1.29, 1.82) is 0 Å². The van der Waals surface area contributed by atoms with Gasteiger partial charge in [-0.15, -0.1) is 0 Å². The molecule has 5 heteroatoms. The van der Waals surface area contributed by atoms with Crippen LogP contribution in [0.2, 0.25) is 0 Å². The number of rotatable bonds is 4. The predicted molar refractivity (Wildman–Crippen MR) is 101 cm³/mol. The van der Waals surface area contributed by atoms with Crippen LogP contribution in [-0.4, -0.2) is 15.3 Å². The zero-order valence-electron chi connectivity index (χ0n) is 14.2. The molecule has 2 aromatic carbocycles. The fraction of sp³-hybridized carbons (Fsp3) is 0.0476. The van der Waals surface area contributed by atoms with Crippen molar-refractivity contribution >= 4 is 17.2 Å². The van der Waals surface area contributed by atoms with Crippen molar-refractivity contribution in [3.05, 3.63) is 90.4 Å². The van der Waals surface area contributed by atoms with E-state index in [1.54, 1.807) is 10.5 Å². The molecule has 4 rings (SSSR count). The van der Waals surface area contributed by atoms with E-state index in [1.807, 2.05) is 79.9 Å². The van der Waals surface area contributed by atoms with Gasteiger partial charge in [0.05, 0.1) is 5.69 Å². The highest BCUT2D eigenvalue weighted by atomic mass is 16.5. The lowest BCUT2D eigenvalue weighted by atomic mass is 10.2. The lowest BCUT2D eigenvalue weighted by Gasteiger charge is -2.09. The summed E-state index contributed by atoms with van der Waals surface area (Å²) in [6.07, 6.45) is 1.83. The van der Waals surface area contributed by atoms with Gasteiger partial charge in [-0.3, -0.25) is 9.20 Å².